The Balaban J connectivity index is 1.79. The lowest BCUT2D eigenvalue weighted by molar-refractivity contribution is 0.189. The fraction of sp³-hybridized carbons (Fsp3) is 0.909. The van der Waals surface area contributed by atoms with E-state index in [9.17, 15) is 4.79 Å². The Morgan fingerprint density at radius 3 is 2.87 bits per heavy atom. The molecule has 1 aliphatic heterocycles. The highest BCUT2D eigenvalue weighted by Crippen LogP contribution is 2.23. The van der Waals surface area contributed by atoms with Gasteiger partial charge in [0.15, 0.2) is 0 Å². The standard InChI is InChI=1S/C11H21N3O/c1-12-7-6-10-3-2-8-14(10)11(15)13-9-4-5-9/h9-10,12H,2-8H2,1H3,(H,13,15). The highest BCUT2D eigenvalue weighted by Gasteiger charge is 2.31. The van der Waals surface area contributed by atoms with Gasteiger partial charge in [0.25, 0.3) is 0 Å². The van der Waals surface area contributed by atoms with Crippen LogP contribution in [0.15, 0.2) is 0 Å². The van der Waals surface area contributed by atoms with Crippen molar-refractivity contribution in [2.24, 2.45) is 0 Å². The number of carbonyl (C=O) groups excluding carboxylic acids is 1. The highest BCUT2D eigenvalue weighted by molar-refractivity contribution is 5.75. The Morgan fingerprint density at radius 1 is 1.40 bits per heavy atom. The molecule has 1 saturated heterocycles. The fourth-order valence-electron chi connectivity index (χ4n) is 2.20. The van der Waals surface area contributed by atoms with Crippen LogP contribution in [0.1, 0.15) is 32.1 Å². The smallest absolute Gasteiger partial charge is 0.317 e. The third-order valence-electron chi connectivity index (χ3n) is 3.27. The normalized spacial score (nSPS) is 25.7. The molecule has 0 radical (unpaired) electrons. The molecule has 0 aromatic heterocycles. The van der Waals surface area contributed by atoms with Gasteiger partial charge in [0, 0.05) is 18.6 Å². The predicted octanol–water partition coefficient (Wildman–Crippen LogP) is 0.932. The first-order valence-electron chi connectivity index (χ1n) is 6.03. The molecule has 0 spiro atoms. The number of nitrogens with one attached hydrogen (secondary N) is 2. The van der Waals surface area contributed by atoms with Crippen LogP contribution in [0.3, 0.4) is 0 Å². The molecule has 2 rings (SSSR count). The predicted molar refractivity (Wildman–Crippen MR) is 59.8 cm³/mol. The van der Waals surface area contributed by atoms with Crippen molar-refractivity contribution >= 4 is 6.03 Å². The summed E-state index contributed by atoms with van der Waals surface area (Å²) in [5.41, 5.74) is 0. The minimum absolute atomic E-state index is 0.163. The zero-order valence-electron chi connectivity index (χ0n) is 9.46. The van der Waals surface area contributed by atoms with Gasteiger partial charge in [0.05, 0.1) is 0 Å². The van der Waals surface area contributed by atoms with E-state index in [2.05, 4.69) is 10.6 Å². The van der Waals surface area contributed by atoms with E-state index in [0.717, 1.165) is 25.9 Å². The molecule has 2 fully saturated rings. The number of rotatable bonds is 4. The third-order valence-corrected chi connectivity index (χ3v) is 3.27. The van der Waals surface area contributed by atoms with Gasteiger partial charge in [-0.05, 0) is 45.7 Å². The Kier molecular flexibility index (Phi) is 3.46. The second-order valence-corrected chi connectivity index (χ2v) is 4.61. The molecular weight excluding hydrogens is 190 g/mol. The average Bonchev–Trinajstić information content (AvgIpc) is 2.91. The largest absolute Gasteiger partial charge is 0.335 e. The van der Waals surface area contributed by atoms with Gasteiger partial charge in [-0.2, -0.15) is 0 Å². The van der Waals surface area contributed by atoms with Crippen LogP contribution in [-0.2, 0) is 0 Å². The van der Waals surface area contributed by atoms with Gasteiger partial charge in [-0.25, -0.2) is 4.79 Å². The van der Waals surface area contributed by atoms with E-state index in [1.807, 2.05) is 11.9 Å². The maximum absolute atomic E-state index is 11.9. The lowest BCUT2D eigenvalue weighted by Gasteiger charge is -2.24. The van der Waals surface area contributed by atoms with Gasteiger partial charge in [0.2, 0.25) is 0 Å². The zero-order chi connectivity index (χ0) is 10.7. The average molecular weight is 211 g/mol. The number of amides is 2. The lowest BCUT2D eigenvalue weighted by Crippen LogP contribution is -2.44. The summed E-state index contributed by atoms with van der Waals surface area (Å²) in [5, 5.41) is 6.22. The molecule has 15 heavy (non-hydrogen) atoms. The van der Waals surface area contributed by atoms with Crippen molar-refractivity contribution in [1.29, 1.82) is 0 Å². The van der Waals surface area contributed by atoms with Crippen LogP contribution in [0.4, 0.5) is 4.79 Å². The molecule has 0 bridgehead atoms. The summed E-state index contributed by atoms with van der Waals surface area (Å²) < 4.78 is 0. The van der Waals surface area contributed by atoms with Crippen LogP contribution < -0.4 is 10.6 Å². The van der Waals surface area contributed by atoms with Crippen LogP contribution in [0.25, 0.3) is 0 Å². The van der Waals surface area contributed by atoms with Crippen molar-refractivity contribution in [3.63, 3.8) is 0 Å². The van der Waals surface area contributed by atoms with Crippen LogP contribution in [0.5, 0.6) is 0 Å². The Hall–Kier alpha value is -0.770. The summed E-state index contributed by atoms with van der Waals surface area (Å²) >= 11 is 0. The topological polar surface area (TPSA) is 44.4 Å². The SMILES string of the molecule is CNCCC1CCCN1C(=O)NC1CC1. The van der Waals surface area contributed by atoms with Gasteiger partial charge in [-0.3, -0.25) is 0 Å². The molecule has 2 amide bonds. The lowest BCUT2D eigenvalue weighted by atomic mass is 10.1. The summed E-state index contributed by atoms with van der Waals surface area (Å²) in [5.74, 6) is 0. The number of urea groups is 1. The Bertz CT molecular complexity index is 228. The summed E-state index contributed by atoms with van der Waals surface area (Å²) in [4.78, 5) is 13.9. The van der Waals surface area contributed by atoms with E-state index in [0.29, 0.717) is 12.1 Å². The maximum Gasteiger partial charge on any atom is 0.317 e. The van der Waals surface area contributed by atoms with Crippen molar-refractivity contribution in [3.8, 4) is 0 Å². The molecule has 1 heterocycles. The number of hydrogen-bond donors (Lipinski definition) is 2. The van der Waals surface area contributed by atoms with Gasteiger partial charge in [-0.1, -0.05) is 0 Å². The molecule has 0 aromatic carbocycles. The van der Waals surface area contributed by atoms with Crippen molar-refractivity contribution in [2.75, 3.05) is 20.1 Å². The monoisotopic (exact) mass is 211 g/mol. The van der Waals surface area contributed by atoms with Crippen LogP contribution in [-0.4, -0.2) is 43.2 Å². The van der Waals surface area contributed by atoms with Gasteiger partial charge >= 0.3 is 6.03 Å². The first kappa shape index (κ1) is 10.7. The van der Waals surface area contributed by atoms with Crippen LogP contribution >= 0.6 is 0 Å². The highest BCUT2D eigenvalue weighted by atomic mass is 16.2. The fourth-order valence-corrected chi connectivity index (χ4v) is 2.20. The molecule has 1 saturated carbocycles. The number of hydrogen-bond acceptors (Lipinski definition) is 2. The minimum Gasteiger partial charge on any atom is -0.335 e. The molecule has 2 N–H and O–H groups in total. The van der Waals surface area contributed by atoms with Gasteiger partial charge in [-0.15, -0.1) is 0 Å². The summed E-state index contributed by atoms with van der Waals surface area (Å²) in [6.45, 7) is 1.94. The molecule has 1 unspecified atom stereocenters. The van der Waals surface area contributed by atoms with E-state index in [1.165, 1.54) is 19.3 Å². The molecule has 2 aliphatic rings. The second-order valence-electron chi connectivity index (χ2n) is 4.61. The third kappa shape index (κ3) is 2.84. The van der Waals surface area contributed by atoms with E-state index in [-0.39, 0.29) is 6.03 Å². The number of likely N-dealkylation sites (tertiary alicyclic amines) is 1. The summed E-state index contributed by atoms with van der Waals surface area (Å²) in [6, 6.07) is 1.09. The first-order chi connectivity index (χ1) is 7.31. The molecular formula is C11H21N3O. The quantitative estimate of drug-likeness (QED) is 0.726. The van der Waals surface area contributed by atoms with Crippen LogP contribution in [0.2, 0.25) is 0 Å². The van der Waals surface area contributed by atoms with E-state index in [4.69, 9.17) is 0 Å². The number of nitrogens with zero attached hydrogens (tertiary/aromatic N) is 1. The molecule has 4 nitrogen and oxygen atoms in total. The van der Waals surface area contributed by atoms with Crippen molar-refractivity contribution in [1.82, 2.24) is 15.5 Å². The minimum atomic E-state index is 0.163. The van der Waals surface area contributed by atoms with Crippen molar-refractivity contribution in [3.05, 3.63) is 0 Å². The first-order valence-corrected chi connectivity index (χ1v) is 6.03. The van der Waals surface area contributed by atoms with Crippen LogP contribution in [0, 0.1) is 0 Å². The van der Waals surface area contributed by atoms with Gasteiger partial charge in [0.1, 0.15) is 0 Å². The molecule has 1 atom stereocenters. The van der Waals surface area contributed by atoms with E-state index in [1.54, 1.807) is 0 Å². The molecule has 86 valence electrons. The zero-order valence-corrected chi connectivity index (χ0v) is 9.46. The van der Waals surface area contributed by atoms with Crippen molar-refractivity contribution in [2.45, 2.75) is 44.2 Å². The van der Waals surface area contributed by atoms with E-state index >= 15 is 0 Å². The van der Waals surface area contributed by atoms with Gasteiger partial charge < -0.3 is 15.5 Å². The number of carbonyl (C=O) groups is 1. The maximum atomic E-state index is 11.9. The Labute approximate surface area is 91.4 Å². The Morgan fingerprint density at radius 2 is 2.20 bits per heavy atom. The molecule has 4 heteroatoms. The second kappa shape index (κ2) is 4.84. The summed E-state index contributed by atoms with van der Waals surface area (Å²) in [6.07, 6.45) is 5.74. The van der Waals surface area contributed by atoms with E-state index < -0.39 is 0 Å². The summed E-state index contributed by atoms with van der Waals surface area (Å²) in [7, 11) is 1.96. The molecule has 0 aromatic rings. The van der Waals surface area contributed by atoms with Crippen molar-refractivity contribution < 1.29 is 4.79 Å². The molecule has 1 aliphatic carbocycles.